The number of nitrogens with zero attached hydrogens (tertiary/aromatic N) is 3. The number of amides is 1. The summed E-state index contributed by atoms with van der Waals surface area (Å²) in [6.45, 7) is 8.08. The molecule has 0 aromatic heterocycles. The minimum absolute atomic E-state index is 0.0402. The van der Waals surface area contributed by atoms with Gasteiger partial charge in [-0.25, -0.2) is 0 Å². The molecule has 1 aliphatic rings. The molecule has 1 aliphatic heterocycles. The lowest BCUT2D eigenvalue weighted by Gasteiger charge is -2.36. The maximum atomic E-state index is 12.4. The molecule has 0 spiro atoms. The molecule has 4 nitrogen and oxygen atoms in total. The molecule has 0 aromatic rings. The van der Waals surface area contributed by atoms with Crippen LogP contribution in [0.5, 0.6) is 0 Å². The van der Waals surface area contributed by atoms with Crippen molar-refractivity contribution in [3.05, 3.63) is 0 Å². The summed E-state index contributed by atoms with van der Waals surface area (Å²) in [4.78, 5) is 18.8. The molecule has 0 aliphatic carbocycles. The van der Waals surface area contributed by atoms with E-state index >= 15 is 0 Å². The fourth-order valence-corrected chi connectivity index (χ4v) is 2.22. The van der Waals surface area contributed by atoms with E-state index in [0.29, 0.717) is 11.8 Å². The number of carbonyl (C=O) groups excluding carboxylic acids is 1. The third-order valence-electron chi connectivity index (χ3n) is 3.42. The SMILES string of the molecule is CC(C)CC(C(=O)N1CCN(C)CC1)N(C)C. The Bertz CT molecular complexity index is 245. The van der Waals surface area contributed by atoms with Crippen molar-refractivity contribution in [2.24, 2.45) is 5.92 Å². The molecule has 0 saturated carbocycles. The number of carbonyl (C=O) groups is 1. The number of rotatable bonds is 4. The zero-order chi connectivity index (χ0) is 13.0. The minimum atomic E-state index is 0.0402. The van der Waals surface area contributed by atoms with E-state index in [2.05, 4.69) is 30.7 Å². The van der Waals surface area contributed by atoms with Gasteiger partial charge < -0.3 is 9.80 Å². The molecule has 17 heavy (non-hydrogen) atoms. The average Bonchev–Trinajstić information content (AvgIpc) is 2.25. The van der Waals surface area contributed by atoms with Gasteiger partial charge in [0.25, 0.3) is 0 Å². The van der Waals surface area contributed by atoms with Crippen molar-refractivity contribution in [2.75, 3.05) is 47.3 Å². The largest absolute Gasteiger partial charge is 0.339 e. The molecule has 1 saturated heterocycles. The lowest BCUT2D eigenvalue weighted by atomic mass is 10.0. The fourth-order valence-electron chi connectivity index (χ4n) is 2.22. The number of piperazine rings is 1. The van der Waals surface area contributed by atoms with Crippen LogP contribution < -0.4 is 0 Å². The molecular formula is C13H27N3O. The van der Waals surface area contributed by atoms with Gasteiger partial charge >= 0.3 is 0 Å². The van der Waals surface area contributed by atoms with Crippen LogP contribution in [0.25, 0.3) is 0 Å². The van der Waals surface area contributed by atoms with Crippen molar-refractivity contribution >= 4 is 5.91 Å². The van der Waals surface area contributed by atoms with Crippen LogP contribution in [0, 0.1) is 5.92 Å². The first-order chi connectivity index (χ1) is 7.91. The summed E-state index contributed by atoms with van der Waals surface area (Å²) in [6.07, 6.45) is 0.943. The van der Waals surface area contributed by atoms with Crippen LogP contribution in [0.3, 0.4) is 0 Å². The Labute approximate surface area is 106 Å². The predicted octanol–water partition coefficient (Wildman–Crippen LogP) is 0.737. The van der Waals surface area contributed by atoms with Crippen molar-refractivity contribution in [1.29, 1.82) is 0 Å². The highest BCUT2D eigenvalue weighted by molar-refractivity contribution is 5.82. The Morgan fingerprint density at radius 2 is 1.71 bits per heavy atom. The molecule has 100 valence electrons. The number of hydrogen-bond acceptors (Lipinski definition) is 3. The smallest absolute Gasteiger partial charge is 0.240 e. The Balaban J connectivity index is 2.58. The van der Waals surface area contributed by atoms with Crippen molar-refractivity contribution in [3.8, 4) is 0 Å². The van der Waals surface area contributed by atoms with E-state index < -0.39 is 0 Å². The molecule has 1 rings (SSSR count). The highest BCUT2D eigenvalue weighted by Crippen LogP contribution is 2.13. The summed E-state index contributed by atoms with van der Waals surface area (Å²) in [6, 6.07) is 0.0402. The van der Waals surface area contributed by atoms with Crippen LogP contribution in [0.15, 0.2) is 0 Å². The number of hydrogen-bond donors (Lipinski definition) is 0. The standard InChI is InChI=1S/C13H27N3O/c1-11(2)10-12(14(3)4)13(17)16-8-6-15(5)7-9-16/h11-12H,6-10H2,1-5H3. The molecule has 1 amide bonds. The lowest BCUT2D eigenvalue weighted by Crippen LogP contribution is -2.53. The maximum Gasteiger partial charge on any atom is 0.240 e. The Kier molecular flexibility index (Phi) is 5.40. The summed E-state index contributed by atoms with van der Waals surface area (Å²) in [5, 5.41) is 0. The Morgan fingerprint density at radius 1 is 1.18 bits per heavy atom. The Morgan fingerprint density at radius 3 is 2.12 bits per heavy atom. The van der Waals surface area contributed by atoms with E-state index in [1.54, 1.807) is 0 Å². The zero-order valence-electron chi connectivity index (χ0n) is 11.9. The van der Waals surface area contributed by atoms with Crippen LogP contribution >= 0.6 is 0 Å². The molecule has 0 aromatic carbocycles. The van der Waals surface area contributed by atoms with Crippen LogP contribution in [0.1, 0.15) is 20.3 Å². The van der Waals surface area contributed by atoms with Crippen molar-refractivity contribution in [2.45, 2.75) is 26.3 Å². The molecule has 1 fully saturated rings. The second kappa shape index (κ2) is 6.36. The Hall–Kier alpha value is -0.610. The first-order valence-corrected chi connectivity index (χ1v) is 6.55. The number of likely N-dealkylation sites (N-methyl/N-ethyl adjacent to an activating group) is 2. The molecular weight excluding hydrogens is 214 g/mol. The first-order valence-electron chi connectivity index (χ1n) is 6.55. The first kappa shape index (κ1) is 14.5. The molecule has 1 atom stereocenters. The minimum Gasteiger partial charge on any atom is -0.339 e. The quantitative estimate of drug-likeness (QED) is 0.726. The second-order valence-electron chi connectivity index (χ2n) is 5.74. The van der Waals surface area contributed by atoms with Crippen LogP contribution in [-0.4, -0.2) is 74.0 Å². The third kappa shape index (κ3) is 4.28. The van der Waals surface area contributed by atoms with Crippen LogP contribution in [0.4, 0.5) is 0 Å². The van der Waals surface area contributed by atoms with Gasteiger partial charge in [-0.1, -0.05) is 13.8 Å². The monoisotopic (exact) mass is 241 g/mol. The predicted molar refractivity (Wildman–Crippen MR) is 71.0 cm³/mol. The van der Waals surface area contributed by atoms with E-state index in [0.717, 1.165) is 32.6 Å². The molecule has 0 bridgehead atoms. The summed E-state index contributed by atoms with van der Waals surface area (Å²) in [5.41, 5.74) is 0. The highest BCUT2D eigenvalue weighted by atomic mass is 16.2. The fraction of sp³-hybridized carbons (Fsp3) is 0.923. The molecule has 0 N–H and O–H groups in total. The molecule has 4 heteroatoms. The van der Waals surface area contributed by atoms with Crippen LogP contribution in [-0.2, 0) is 4.79 Å². The van der Waals surface area contributed by atoms with E-state index in [1.807, 2.05) is 19.0 Å². The molecule has 1 unspecified atom stereocenters. The van der Waals surface area contributed by atoms with Crippen molar-refractivity contribution in [1.82, 2.24) is 14.7 Å². The van der Waals surface area contributed by atoms with Gasteiger partial charge in [-0.15, -0.1) is 0 Å². The van der Waals surface area contributed by atoms with E-state index in [9.17, 15) is 4.79 Å². The normalized spacial score (nSPS) is 20.1. The van der Waals surface area contributed by atoms with Gasteiger partial charge in [0.05, 0.1) is 6.04 Å². The van der Waals surface area contributed by atoms with E-state index in [4.69, 9.17) is 0 Å². The van der Waals surface area contributed by atoms with Gasteiger partial charge in [0.1, 0.15) is 0 Å². The maximum absolute atomic E-state index is 12.4. The topological polar surface area (TPSA) is 26.8 Å². The van der Waals surface area contributed by atoms with E-state index in [-0.39, 0.29) is 6.04 Å². The summed E-state index contributed by atoms with van der Waals surface area (Å²) in [7, 11) is 6.11. The summed E-state index contributed by atoms with van der Waals surface area (Å²) >= 11 is 0. The average molecular weight is 241 g/mol. The third-order valence-corrected chi connectivity index (χ3v) is 3.42. The van der Waals surface area contributed by atoms with Gasteiger partial charge in [0.15, 0.2) is 0 Å². The van der Waals surface area contributed by atoms with Gasteiger partial charge in [0.2, 0.25) is 5.91 Å². The van der Waals surface area contributed by atoms with Crippen molar-refractivity contribution in [3.63, 3.8) is 0 Å². The zero-order valence-corrected chi connectivity index (χ0v) is 11.9. The van der Waals surface area contributed by atoms with E-state index in [1.165, 1.54) is 0 Å². The van der Waals surface area contributed by atoms with Crippen molar-refractivity contribution < 1.29 is 4.79 Å². The highest BCUT2D eigenvalue weighted by Gasteiger charge is 2.28. The summed E-state index contributed by atoms with van der Waals surface area (Å²) in [5.74, 6) is 0.857. The van der Waals surface area contributed by atoms with Crippen LogP contribution in [0.2, 0.25) is 0 Å². The van der Waals surface area contributed by atoms with Gasteiger partial charge in [0, 0.05) is 26.2 Å². The second-order valence-corrected chi connectivity index (χ2v) is 5.74. The molecule has 1 heterocycles. The molecule has 0 radical (unpaired) electrons. The van der Waals surface area contributed by atoms with Gasteiger partial charge in [-0.05, 0) is 33.5 Å². The van der Waals surface area contributed by atoms with Gasteiger partial charge in [-0.2, -0.15) is 0 Å². The summed E-state index contributed by atoms with van der Waals surface area (Å²) < 4.78 is 0. The lowest BCUT2D eigenvalue weighted by molar-refractivity contribution is -0.138. The van der Waals surface area contributed by atoms with Gasteiger partial charge in [-0.3, -0.25) is 9.69 Å².